The second-order valence-electron chi connectivity index (χ2n) is 6.65. The topological polar surface area (TPSA) is 59.0 Å². The predicted molar refractivity (Wildman–Crippen MR) is 66.1 cm³/mol. The number of carbonyl (C=O) groups excluding carboxylic acids is 1. The highest BCUT2D eigenvalue weighted by Crippen LogP contribution is 2.41. The molecule has 104 valence electrons. The van der Waals surface area contributed by atoms with E-state index in [4.69, 9.17) is 9.47 Å². The Labute approximate surface area is 108 Å². The minimum Gasteiger partial charge on any atom is -0.444 e. The number of carbonyl (C=O) groups is 1. The van der Waals surface area contributed by atoms with E-state index in [0.29, 0.717) is 12.8 Å². The zero-order chi connectivity index (χ0) is 13.7. The number of fused-ring (bicyclic) bond motifs is 1. The molecule has 1 aliphatic carbocycles. The Bertz CT molecular complexity index is 347. The predicted octanol–water partition coefficient (Wildman–Crippen LogP) is 1.88. The Morgan fingerprint density at radius 3 is 2.56 bits per heavy atom. The highest BCUT2D eigenvalue weighted by molar-refractivity contribution is 5.70. The SMILES string of the molecule is CC(C)(C)OC(=O)N1[C@H]2C[C@@H](O)C[C@H]2OC1(C)C. The molecule has 0 aromatic carbocycles. The highest BCUT2D eigenvalue weighted by Gasteiger charge is 2.54. The molecule has 18 heavy (non-hydrogen) atoms. The molecule has 0 radical (unpaired) electrons. The van der Waals surface area contributed by atoms with E-state index in [-0.39, 0.29) is 24.3 Å². The number of hydrogen-bond acceptors (Lipinski definition) is 4. The summed E-state index contributed by atoms with van der Waals surface area (Å²) in [6.45, 7) is 9.25. The summed E-state index contributed by atoms with van der Waals surface area (Å²) in [4.78, 5) is 13.9. The lowest BCUT2D eigenvalue weighted by molar-refractivity contribution is -0.0881. The van der Waals surface area contributed by atoms with Gasteiger partial charge >= 0.3 is 6.09 Å². The van der Waals surface area contributed by atoms with Gasteiger partial charge in [0, 0.05) is 6.42 Å². The van der Waals surface area contributed by atoms with Gasteiger partial charge in [-0.05, 0) is 41.0 Å². The van der Waals surface area contributed by atoms with Gasteiger partial charge in [0.25, 0.3) is 0 Å². The lowest BCUT2D eigenvalue weighted by Gasteiger charge is -2.35. The van der Waals surface area contributed by atoms with Crippen LogP contribution in [0.1, 0.15) is 47.5 Å². The van der Waals surface area contributed by atoms with E-state index in [9.17, 15) is 9.90 Å². The van der Waals surface area contributed by atoms with Gasteiger partial charge in [0.1, 0.15) is 11.3 Å². The Hall–Kier alpha value is -0.810. The summed E-state index contributed by atoms with van der Waals surface area (Å²) in [7, 11) is 0. The molecule has 5 nitrogen and oxygen atoms in total. The van der Waals surface area contributed by atoms with Crippen molar-refractivity contribution in [3.63, 3.8) is 0 Å². The summed E-state index contributed by atoms with van der Waals surface area (Å²) in [6.07, 6.45) is 0.318. The maximum atomic E-state index is 12.3. The van der Waals surface area contributed by atoms with Crippen LogP contribution in [0.3, 0.4) is 0 Å². The summed E-state index contributed by atoms with van der Waals surface area (Å²) >= 11 is 0. The molecule has 2 rings (SSSR count). The molecule has 2 fully saturated rings. The minimum atomic E-state index is -0.669. The van der Waals surface area contributed by atoms with Crippen molar-refractivity contribution in [2.75, 3.05) is 0 Å². The largest absolute Gasteiger partial charge is 0.444 e. The van der Waals surface area contributed by atoms with Gasteiger partial charge in [0.2, 0.25) is 0 Å². The molecule has 1 N–H and O–H groups in total. The third kappa shape index (κ3) is 2.47. The first kappa shape index (κ1) is 13.6. The normalized spacial score (nSPS) is 34.6. The fourth-order valence-corrected chi connectivity index (χ4v) is 2.84. The minimum absolute atomic E-state index is 0.0788. The van der Waals surface area contributed by atoms with Gasteiger partial charge in [-0.1, -0.05) is 0 Å². The molecule has 0 aromatic rings. The van der Waals surface area contributed by atoms with Crippen molar-refractivity contribution < 1.29 is 19.4 Å². The summed E-state index contributed by atoms with van der Waals surface area (Å²) in [5, 5.41) is 9.68. The molecule has 2 aliphatic rings. The van der Waals surface area contributed by atoms with Crippen LogP contribution in [-0.4, -0.2) is 45.7 Å². The van der Waals surface area contributed by atoms with Crippen LogP contribution < -0.4 is 0 Å². The van der Waals surface area contributed by atoms with Gasteiger partial charge in [-0.3, -0.25) is 4.90 Å². The van der Waals surface area contributed by atoms with Crippen molar-refractivity contribution in [3.8, 4) is 0 Å². The van der Waals surface area contributed by atoms with Crippen molar-refractivity contribution in [3.05, 3.63) is 0 Å². The van der Waals surface area contributed by atoms with Gasteiger partial charge < -0.3 is 14.6 Å². The van der Waals surface area contributed by atoms with Gasteiger partial charge in [-0.2, -0.15) is 0 Å². The molecule has 1 amide bonds. The zero-order valence-corrected chi connectivity index (χ0v) is 11.8. The molecule has 0 spiro atoms. The Kier molecular flexibility index (Phi) is 3.10. The standard InChI is InChI=1S/C13H23NO4/c1-12(2,3)18-11(16)14-9-6-8(15)7-10(9)17-13(14,4)5/h8-10,15H,6-7H2,1-5H3/t8-,9+,10-/m1/s1. The van der Waals surface area contributed by atoms with Crippen LogP contribution in [-0.2, 0) is 9.47 Å². The van der Waals surface area contributed by atoms with Crippen molar-refractivity contribution in [1.82, 2.24) is 4.90 Å². The van der Waals surface area contributed by atoms with E-state index >= 15 is 0 Å². The van der Waals surface area contributed by atoms with E-state index in [1.54, 1.807) is 4.90 Å². The average molecular weight is 257 g/mol. The first-order chi connectivity index (χ1) is 8.10. The molecule has 1 saturated heterocycles. The van der Waals surface area contributed by atoms with Crippen LogP contribution in [0, 0.1) is 0 Å². The molecular formula is C13H23NO4. The second kappa shape index (κ2) is 4.10. The number of hydrogen-bond donors (Lipinski definition) is 1. The maximum absolute atomic E-state index is 12.3. The summed E-state index contributed by atoms with van der Waals surface area (Å²) < 4.78 is 11.3. The zero-order valence-electron chi connectivity index (χ0n) is 11.8. The van der Waals surface area contributed by atoms with Gasteiger partial charge in [0.05, 0.1) is 18.2 Å². The molecular weight excluding hydrogens is 234 g/mol. The maximum Gasteiger partial charge on any atom is 0.412 e. The monoisotopic (exact) mass is 257 g/mol. The van der Waals surface area contributed by atoms with Crippen molar-refractivity contribution in [1.29, 1.82) is 0 Å². The highest BCUT2D eigenvalue weighted by atomic mass is 16.6. The molecule has 0 aromatic heterocycles. The van der Waals surface area contributed by atoms with E-state index in [1.165, 1.54) is 0 Å². The number of aliphatic hydroxyl groups excluding tert-OH is 1. The summed E-state index contributed by atoms with van der Waals surface area (Å²) in [5.41, 5.74) is -1.19. The average Bonchev–Trinajstić information content (AvgIpc) is 2.50. The van der Waals surface area contributed by atoms with Crippen LogP contribution in [0.25, 0.3) is 0 Å². The summed E-state index contributed by atoms with van der Waals surface area (Å²) in [6, 6.07) is -0.0788. The van der Waals surface area contributed by atoms with E-state index < -0.39 is 11.3 Å². The first-order valence-corrected chi connectivity index (χ1v) is 6.48. The Balaban J connectivity index is 2.16. The van der Waals surface area contributed by atoms with Crippen molar-refractivity contribution >= 4 is 6.09 Å². The molecule has 0 unspecified atom stereocenters. The second-order valence-corrected chi connectivity index (χ2v) is 6.65. The quantitative estimate of drug-likeness (QED) is 0.720. The van der Waals surface area contributed by atoms with Gasteiger partial charge in [-0.15, -0.1) is 0 Å². The smallest absolute Gasteiger partial charge is 0.412 e. The Morgan fingerprint density at radius 1 is 1.39 bits per heavy atom. The molecule has 1 heterocycles. The number of aliphatic hydroxyl groups is 1. The van der Waals surface area contributed by atoms with Crippen molar-refractivity contribution in [2.45, 2.75) is 77.0 Å². The van der Waals surface area contributed by atoms with E-state index in [1.807, 2.05) is 34.6 Å². The van der Waals surface area contributed by atoms with Gasteiger partial charge in [0.15, 0.2) is 0 Å². The van der Waals surface area contributed by atoms with Crippen LogP contribution >= 0.6 is 0 Å². The van der Waals surface area contributed by atoms with Crippen molar-refractivity contribution in [2.24, 2.45) is 0 Å². The van der Waals surface area contributed by atoms with Crippen LogP contribution in [0.5, 0.6) is 0 Å². The number of nitrogens with zero attached hydrogens (tertiary/aromatic N) is 1. The fourth-order valence-electron chi connectivity index (χ4n) is 2.84. The number of amides is 1. The van der Waals surface area contributed by atoms with Crippen LogP contribution in [0.15, 0.2) is 0 Å². The molecule has 0 bridgehead atoms. The first-order valence-electron chi connectivity index (χ1n) is 6.48. The summed E-state index contributed by atoms with van der Waals surface area (Å²) in [5.74, 6) is 0. The third-order valence-corrected chi connectivity index (χ3v) is 3.39. The molecule has 3 atom stereocenters. The van der Waals surface area contributed by atoms with E-state index in [2.05, 4.69) is 0 Å². The van der Waals surface area contributed by atoms with E-state index in [0.717, 1.165) is 0 Å². The molecule has 5 heteroatoms. The molecule has 1 aliphatic heterocycles. The number of ether oxygens (including phenoxy) is 2. The lowest BCUT2D eigenvalue weighted by Crippen LogP contribution is -2.50. The van der Waals surface area contributed by atoms with Gasteiger partial charge in [-0.25, -0.2) is 4.79 Å². The van der Waals surface area contributed by atoms with Crippen LogP contribution in [0.4, 0.5) is 4.79 Å². The third-order valence-electron chi connectivity index (χ3n) is 3.39. The lowest BCUT2D eigenvalue weighted by atomic mass is 10.1. The number of rotatable bonds is 0. The fraction of sp³-hybridized carbons (Fsp3) is 0.923. The van der Waals surface area contributed by atoms with Crippen LogP contribution in [0.2, 0.25) is 0 Å². The Morgan fingerprint density at radius 2 is 2.00 bits per heavy atom. The molecule has 1 saturated carbocycles.